The van der Waals surface area contributed by atoms with Gasteiger partial charge in [-0.15, -0.1) is 0 Å². The zero-order valence-electron chi connectivity index (χ0n) is 17.9. The molecule has 0 spiro atoms. The number of rotatable bonds is 7. The molecule has 0 radical (unpaired) electrons. The molecule has 33 heavy (non-hydrogen) atoms. The predicted molar refractivity (Wildman–Crippen MR) is 134 cm³/mol. The number of nitrogens with one attached hydrogen (secondary N) is 1. The van der Waals surface area contributed by atoms with Gasteiger partial charge in [-0.1, -0.05) is 41.9 Å². The van der Waals surface area contributed by atoms with Crippen LogP contribution in [0.2, 0.25) is 5.02 Å². The van der Waals surface area contributed by atoms with Crippen molar-refractivity contribution in [2.75, 3.05) is 17.3 Å². The van der Waals surface area contributed by atoms with E-state index in [2.05, 4.69) is 5.32 Å². The van der Waals surface area contributed by atoms with Gasteiger partial charge in [-0.25, -0.2) is 0 Å². The Morgan fingerprint density at radius 1 is 1.06 bits per heavy atom. The maximum Gasteiger partial charge on any atom is 0.256 e. The Labute approximate surface area is 202 Å². The molecule has 6 nitrogen and oxygen atoms in total. The van der Waals surface area contributed by atoms with Gasteiger partial charge in [0, 0.05) is 17.3 Å². The number of nitrogens with zero attached hydrogens (tertiary/aromatic N) is 2. The molecular formula is C25H22ClN3O3S. The van der Waals surface area contributed by atoms with Crippen molar-refractivity contribution in [3.05, 3.63) is 89.4 Å². The minimum absolute atomic E-state index is 0.0467. The van der Waals surface area contributed by atoms with E-state index in [-0.39, 0.29) is 18.2 Å². The number of benzene rings is 3. The van der Waals surface area contributed by atoms with Crippen molar-refractivity contribution in [1.29, 1.82) is 0 Å². The third-order valence-electron chi connectivity index (χ3n) is 5.33. The number of para-hydroxylation sites is 1. The molecule has 1 heterocycles. The SMILES string of the molecule is COc1ccc(NC(=O)C[C@@H]2C(=O)N(c3ccccc3)C(=S)N2Cc2cccc(Cl)c2)cc1. The molecular weight excluding hydrogens is 458 g/mol. The predicted octanol–water partition coefficient (Wildman–Crippen LogP) is 4.88. The summed E-state index contributed by atoms with van der Waals surface area (Å²) < 4.78 is 5.15. The van der Waals surface area contributed by atoms with Gasteiger partial charge in [-0.2, -0.15) is 0 Å². The van der Waals surface area contributed by atoms with Crippen LogP contribution in [0.15, 0.2) is 78.9 Å². The Balaban J connectivity index is 1.58. The van der Waals surface area contributed by atoms with Crippen LogP contribution in [0.5, 0.6) is 5.75 Å². The largest absolute Gasteiger partial charge is 0.497 e. The van der Waals surface area contributed by atoms with E-state index in [0.29, 0.717) is 33.8 Å². The Kier molecular flexibility index (Phi) is 6.91. The van der Waals surface area contributed by atoms with Crippen molar-refractivity contribution < 1.29 is 14.3 Å². The van der Waals surface area contributed by atoms with Crippen molar-refractivity contribution in [3.8, 4) is 5.75 Å². The number of ether oxygens (including phenoxy) is 1. The van der Waals surface area contributed by atoms with Gasteiger partial charge in [0.05, 0.1) is 19.2 Å². The minimum Gasteiger partial charge on any atom is -0.497 e. The van der Waals surface area contributed by atoms with Crippen molar-refractivity contribution in [2.24, 2.45) is 0 Å². The molecule has 0 aliphatic carbocycles. The highest BCUT2D eigenvalue weighted by Gasteiger charge is 2.44. The molecule has 1 N–H and O–H groups in total. The number of carbonyl (C=O) groups excluding carboxylic acids is 2. The standard InChI is InChI=1S/C25H22ClN3O3S/c1-32-21-12-10-19(11-13-21)27-23(30)15-22-24(31)29(20-8-3-2-4-9-20)25(33)28(22)16-17-6-5-7-18(26)14-17/h2-14,22H,15-16H2,1H3,(H,27,30)/t22-/m1/s1. The van der Waals surface area contributed by atoms with E-state index in [4.69, 9.17) is 28.6 Å². The topological polar surface area (TPSA) is 61.9 Å². The molecule has 2 amide bonds. The molecule has 4 rings (SSSR count). The van der Waals surface area contributed by atoms with Crippen LogP contribution in [-0.4, -0.2) is 35.0 Å². The number of hydrogen-bond acceptors (Lipinski definition) is 4. The number of carbonyl (C=O) groups is 2. The first kappa shape index (κ1) is 22.8. The average Bonchev–Trinajstić information content (AvgIpc) is 3.04. The summed E-state index contributed by atoms with van der Waals surface area (Å²) in [6.45, 7) is 0.356. The second kappa shape index (κ2) is 10.0. The van der Waals surface area contributed by atoms with E-state index in [1.807, 2.05) is 48.5 Å². The van der Waals surface area contributed by atoms with E-state index in [9.17, 15) is 9.59 Å². The van der Waals surface area contributed by atoms with Crippen molar-refractivity contribution in [2.45, 2.75) is 19.0 Å². The zero-order chi connectivity index (χ0) is 23.4. The molecule has 0 saturated carbocycles. The van der Waals surface area contributed by atoms with Gasteiger partial charge in [0.1, 0.15) is 11.8 Å². The molecule has 3 aromatic carbocycles. The molecule has 168 valence electrons. The van der Waals surface area contributed by atoms with E-state index in [1.54, 1.807) is 42.3 Å². The fourth-order valence-corrected chi connectivity index (χ4v) is 4.32. The number of amides is 2. The fraction of sp³-hybridized carbons (Fsp3) is 0.160. The van der Waals surface area contributed by atoms with Crippen molar-refractivity contribution in [1.82, 2.24) is 4.90 Å². The normalized spacial score (nSPS) is 15.6. The third-order valence-corrected chi connectivity index (χ3v) is 5.98. The highest BCUT2D eigenvalue weighted by Crippen LogP contribution is 2.29. The van der Waals surface area contributed by atoms with Gasteiger partial charge in [-0.05, 0) is 66.3 Å². The van der Waals surface area contributed by atoms with E-state index in [0.717, 1.165) is 5.56 Å². The summed E-state index contributed by atoms with van der Waals surface area (Å²) in [7, 11) is 1.58. The monoisotopic (exact) mass is 479 g/mol. The Morgan fingerprint density at radius 2 is 1.79 bits per heavy atom. The fourth-order valence-electron chi connectivity index (χ4n) is 3.72. The minimum atomic E-state index is -0.741. The van der Waals surface area contributed by atoms with Crippen LogP contribution in [0.1, 0.15) is 12.0 Å². The molecule has 1 aliphatic rings. The number of methoxy groups -OCH3 is 1. The van der Waals surface area contributed by atoms with Crippen molar-refractivity contribution in [3.63, 3.8) is 0 Å². The van der Waals surface area contributed by atoms with Gasteiger partial charge in [0.25, 0.3) is 5.91 Å². The van der Waals surface area contributed by atoms with Crippen LogP contribution < -0.4 is 15.0 Å². The Hall–Kier alpha value is -3.42. The maximum atomic E-state index is 13.4. The zero-order valence-corrected chi connectivity index (χ0v) is 19.5. The summed E-state index contributed by atoms with van der Waals surface area (Å²) in [6.07, 6.45) is -0.0467. The van der Waals surface area contributed by atoms with Gasteiger partial charge < -0.3 is 15.0 Å². The smallest absolute Gasteiger partial charge is 0.256 e. The molecule has 3 aromatic rings. The lowest BCUT2D eigenvalue weighted by atomic mass is 10.1. The number of halogens is 1. The molecule has 1 saturated heterocycles. The summed E-state index contributed by atoms with van der Waals surface area (Å²) in [6, 6.07) is 22.8. The third kappa shape index (κ3) is 5.16. The summed E-state index contributed by atoms with van der Waals surface area (Å²) in [5.74, 6) is 0.168. The molecule has 0 aromatic heterocycles. The van der Waals surface area contributed by atoms with Crippen LogP contribution in [-0.2, 0) is 16.1 Å². The highest BCUT2D eigenvalue weighted by molar-refractivity contribution is 7.80. The maximum absolute atomic E-state index is 13.4. The first-order valence-electron chi connectivity index (χ1n) is 10.3. The number of thiocarbonyl (C=S) groups is 1. The van der Waals surface area contributed by atoms with Crippen LogP contribution in [0.4, 0.5) is 11.4 Å². The first-order valence-corrected chi connectivity index (χ1v) is 11.1. The van der Waals surface area contributed by atoms with Crippen LogP contribution in [0.25, 0.3) is 0 Å². The second-order valence-electron chi connectivity index (χ2n) is 7.55. The van der Waals surface area contributed by atoms with Crippen molar-refractivity contribution >= 4 is 52.1 Å². The van der Waals surface area contributed by atoms with Crippen LogP contribution in [0.3, 0.4) is 0 Å². The summed E-state index contributed by atoms with van der Waals surface area (Å²) in [5.41, 5.74) is 2.19. The van der Waals surface area contributed by atoms with Gasteiger partial charge in [-0.3, -0.25) is 14.5 Å². The lowest BCUT2D eigenvalue weighted by molar-refractivity contribution is -0.124. The molecule has 0 bridgehead atoms. The Bertz CT molecular complexity index is 1170. The van der Waals surface area contributed by atoms with E-state index >= 15 is 0 Å². The van der Waals surface area contributed by atoms with Gasteiger partial charge in [0.15, 0.2) is 5.11 Å². The summed E-state index contributed by atoms with van der Waals surface area (Å²) in [5, 5.41) is 3.80. The Morgan fingerprint density at radius 3 is 2.45 bits per heavy atom. The molecule has 1 aliphatic heterocycles. The lowest BCUT2D eigenvalue weighted by Gasteiger charge is -2.24. The van der Waals surface area contributed by atoms with Crippen LogP contribution in [0, 0.1) is 0 Å². The van der Waals surface area contributed by atoms with E-state index in [1.165, 1.54) is 4.90 Å². The lowest BCUT2D eigenvalue weighted by Crippen LogP contribution is -2.37. The first-order chi connectivity index (χ1) is 16.0. The summed E-state index contributed by atoms with van der Waals surface area (Å²) >= 11 is 11.8. The van der Waals surface area contributed by atoms with Crippen LogP contribution >= 0.6 is 23.8 Å². The molecule has 1 atom stereocenters. The van der Waals surface area contributed by atoms with Gasteiger partial charge in [0.2, 0.25) is 5.91 Å². The highest BCUT2D eigenvalue weighted by atomic mass is 35.5. The van der Waals surface area contributed by atoms with E-state index < -0.39 is 6.04 Å². The molecule has 1 fully saturated rings. The molecule has 0 unspecified atom stereocenters. The quantitative estimate of drug-likeness (QED) is 0.489. The number of anilines is 2. The average molecular weight is 480 g/mol. The number of hydrogen-bond donors (Lipinski definition) is 1. The van der Waals surface area contributed by atoms with Gasteiger partial charge >= 0.3 is 0 Å². The molecule has 8 heteroatoms. The second-order valence-corrected chi connectivity index (χ2v) is 8.35. The summed E-state index contributed by atoms with van der Waals surface area (Å²) in [4.78, 5) is 29.6.